The van der Waals surface area contributed by atoms with E-state index in [1.807, 2.05) is 45.0 Å². The van der Waals surface area contributed by atoms with Crippen molar-refractivity contribution in [3.05, 3.63) is 29.8 Å². The lowest BCUT2D eigenvalue weighted by atomic mass is 10.1. The van der Waals surface area contributed by atoms with Crippen LogP contribution in [-0.2, 0) is 4.74 Å². The molecule has 4 heteroatoms. The predicted molar refractivity (Wildman–Crippen MR) is 79.7 cm³/mol. The summed E-state index contributed by atoms with van der Waals surface area (Å²) in [6, 6.07) is 9.66. The Bertz CT molecular complexity index is 427. The minimum absolute atomic E-state index is 0.130. The van der Waals surface area contributed by atoms with E-state index in [0.29, 0.717) is 0 Å². The van der Waals surface area contributed by atoms with Crippen molar-refractivity contribution >= 4 is 0 Å². The van der Waals surface area contributed by atoms with Crippen molar-refractivity contribution < 1.29 is 9.47 Å². The third-order valence-corrected chi connectivity index (χ3v) is 2.71. The maximum Gasteiger partial charge on any atom is 0.121 e. The molecule has 1 aromatic rings. The first-order valence-electron chi connectivity index (χ1n) is 7.14. The lowest BCUT2D eigenvalue weighted by molar-refractivity contribution is 0.144. The molecule has 0 aliphatic rings. The lowest BCUT2D eigenvalue weighted by Crippen LogP contribution is -2.22. The Balaban J connectivity index is 2.54. The fourth-order valence-electron chi connectivity index (χ4n) is 1.84. The monoisotopic (exact) mass is 276 g/mol. The van der Waals surface area contributed by atoms with Gasteiger partial charge in [0.15, 0.2) is 0 Å². The zero-order chi connectivity index (χ0) is 14.8. The fourth-order valence-corrected chi connectivity index (χ4v) is 1.84. The summed E-state index contributed by atoms with van der Waals surface area (Å²) >= 11 is 0. The molecule has 1 atom stereocenters. The van der Waals surface area contributed by atoms with Gasteiger partial charge in [-0.2, -0.15) is 5.26 Å². The van der Waals surface area contributed by atoms with Gasteiger partial charge in [-0.25, -0.2) is 0 Å². The van der Waals surface area contributed by atoms with E-state index < -0.39 is 0 Å². The van der Waals surface area contributed by atoms with Crippen molar-refractivity contribution in [3.8, 4) is 11.8 Å². The van der Waals surface area contributed by atoms with Crippen LogP contribution in [-0.4, -0.2) is 25.9 Å². The van der Waals surface area contributed by atoms with Gasteiger partial charge >= 0.3 is 0 Å². The molecule has 1 unspecified atom stereocenters. The second kappa shape index (κ2) is 9.35. The Morgan fingerprint density at radius 1 is 1.35 bits per heavy atom. The highest BCUT2D eigenvalue weighted by Crippen LogP contribution is 2.20. The molecule has 0 bridgehead atoms. The summed E-state index contributed by atoms with van der Waals surface area (Å²) in [5, 5.41) is 12.5. The van der Waals surface area contributed by atoms with E-state index in [2.05, 4.69) is 11.4 Å². The Kier molecular flexibility index (Phi) is 7.71. The Morgan fingerprint density at radius 2 is 2.15 bits per heavy atom. The molecule has 0 saturated carbocycles. The highest BCUT2D eigenvalue weighted by Gasteiger charge is 2.10. The van der Waals surface area contributed by atoms with Crippen molar-refractivity contribution in [1.82, 2.24) is 5.32 Å². The summed E-state index contributed by atoms with van der Waals surface area (Å²) in [4.78, 5) is 0. The van der Waals surface area contributed by atoms with Crippen LogP contribution in [0, 0.1) is 11.3 Å². The van der Waals surface area contributed by atoms with Crippen LogP contribution in [0.3, 0.4) is 0 Å². The number of nitrogens with zero attached hydrogens (tertiary/aromatic N) is 1. The molecule has 0 aliphatic heterocycles. The summed E-state index contributed by atoms with van der Waals surface area (Å²) in [6.07, 6.45) is 1.03. The normalized spacial score (nSPS) is 12.2. The number of nitrogens with one attached hydrogen (secondary N) is 1. The van der Waals surface area contributed by atoms with E-state index in [9.17, 15) is 5.26 Å². The van der Waals surface area contributed by atoms with Crippen LogP contribution in [0.2, 0.25) is 0 Å². The van der Waals surface area contributed by atoms with Gasteiger partial charge in [0.1, 0.15) is 11.8 Å². The van der Waals surface area contributed by atoms with Gasteiger partial charge in [0.25, 0.3) is 0 Å². The average Bonchev–Trinajstić information content (AvgIpc) is 2.42. The standard InChI is InChI=1S/C16H24N2O2/c1-4-19-10-6-9-18-16(12-17)14-7-5-8-15(11-14)20-13(2)3/h5,7-8,11,13,16,18H,4,6,9-10H2,1-3H3. The zero-order valence-electron chi connectivity index (χ0n) is 12.6. The lowest BCUT2D eigenvalue weighted by Gasteiger charge is -2.14. The van der Waals surface area contributed by atoms with Gasteiger partial charge in [0.2, 0.25) is 0 Å². The molecule has 0 radical (unpaired) electrons. The molecule has 0 amide bonds. The second-order valence-electron chi connectivity index (χ2n) is 4.81. The number of nitriles is 1. The SMILES string of the molecule is CCOCCCNC(C#N)c1cccc(OC(C)C)c1. The summed E-state index contributed by atoms with van der Waals surface area (Å²) in [5.41, 5.74) is 0.932. The predicted octanol–water partition coefficient (Wildman–Crippen LogP) is 3.05. The fraction of sp³-hybridized carbons (Fsp3) is 0.562. The quantitative estimate of drug-likeness (QED) is 0.704. The van der Waals surface area contributed by atoms with E-state index in [4.69, 9.17) is 9.47 Å². The first-order valence-corrected chi connectivity index (χ1v) is 7.14. The molecule has 0 heterocycles. The number of hydrogen-bond donors (Lipinski definition) is 1. The molecule has 0 aliphatic carbocycles. The van der Waals surface area contributed by atoms with E-state index in [-0.39, 0.29) is 12.1 Å². The average molecular weight is 276 g/mol. The number of benzene rings is 1. The third kappa shape index (κ3) is 6.05. The van der Waals surface area contributed by atoms with Gasteiger partial charge in [-0.3, -0.25) is 5.32 Å². The van der Waals surface area contributed by atoms with Crippen LogP contribution in [0.25, 0.3) is 0 Å². The zero-order valence-corrected chi connectivity index (χ0v) is 12.6. The van der Waals surface area contributed by atoms with Crippen molar-refractivity contribution in [1.29, 1.82) is 5.26 Å². The van der Waals surface area contributed by atoms with Gasteiger partial charge in [-0.15, -0.1) is 0 Å². The van der Waals surface area contributed by atoms with Crippen molar-refractivity contribution in [3.63, 3.8) is 0 Å². The molecule has 0 saturated heterocycles. The van der Waals surface area contributed by atoms with Crippen molar-refractivity contribution in [2.45, 2.75) is 39.3 Å². The highest BCUT2D eigenvalue weighted by atomic mass is 16.5. The molecule has 1 N–H and O–H groups in total. The van der Waals surface area contributed by atoms with E-state index in [0.717, 1.165) is 37.5 Å². The Hall–Kier alpha value is -1.57. The third-order valence-electron chi connectivity index (χ3n) is 2.71. The summed E-state index contributed by atoms with van der Waals surface area (Å²) in [6.45, 7) is 8.16. The molecule has 20 heavy (non-hydrogen) atoms. The van der Waals surface area contributed by atoms with E-state index >= 15 is 0 Å². The van der Waals surface area contributed by atoms with Crippen LogP contribution >= 0.6 is 0 Å². The number of rotatable bonds is 9. The largest absolute Gasteiger partial charge is 0.491 e. The molecule has 1 rings (SSSR count). The molecular formula is C16H24N2O2. The second-order valence-corrected chi connectivity index (χ2v) is 4.81. The van der Waals surface area contributed by atoms with Crippen LogP contribution < -0.4 is 10.1 Å². The molecule has 0 fully saturated rings. The van der Waals surface area contributed by atoms with Crippen LogP contribution in [0.5, 0.6) is 5.75 Å². The van der Waals surface area contributed by atoms with Crippen molar-refractivity contribution in [2.75, 3.05) is 19.8 Å². The molecular weight excluding hydrogens is 252 g/mol. The number of ether oxygens (including phenoxy) is 2. The minimum atomic E-state index is -0.313. The summed E-state index contributed by atoms with van der Waals surface area (Å²) < 4.78 is 10.9. The summed E-state index contributed by atoms with van der Waals surface area (Å²) in [7, 11) is 0. The molecule has 0 aromatic heterocycles. The topological polar surface area (TPSA) is 54.3 Å². The molecule has 1 aromatic carbocycles. The number of hydrogen-bond acceptors (Lipinski definition) is 4. The Morgan fingerprint density at radius 3 is 2.80 bits per heavy atom. The van der Waals surface area contributed by atoms with Gasteiger partial charge < -0.3 is 9.47 Å². The Labute approximate surface area is 121 Å². The van der Waals surface area contributed by atoms with E-state index in [1.165, 1.54) is 0 Å². The smallest absolute Gasteiger partial charge is 0.121 e. The van der Waals surface area contributed by atoms with Crippen LogP contribution in [0.15, 0.2) is 24.3 Å². The first kappa shape index (κ1) is 16.5. The summed E-state index contributed by atoms with van der Waals surface area (Å²) in [5.74, 6) is 0.800. The van der Waals surface area contributed by atoms with Crippen LogP contribution in [0.1, 0.15) is 38.8 Å². The van der Waals surface area contributed by atoms with Gasteiger partial charge in [0.05, 0.1) is 12.2 Å². The van der Waals surface area contributed by atoms with Gasteiger partial charge in [0, 0.05) is 13.2 Å². The molecule has 110 valence electrons. The minimum Gasteiger partial charge on any atom is -0.491 e. The van der Waals surface area contributed by atoms with E-state index in [1.54, 1.807) is 0 Å². The van der Waals surface area contributed by atoms with Crippen molar-refractivity contribution in [2.24, 2.45) is 0 Å². The van der Waals surface area contributed by atoms with Gasteiger partial charge in [-0.05, 0) is 51.4 Å². The highest BCUT2D eigenvalue weighted by molar-refractivity contribution is 5.33. The molecule has 4 nitrogen and oxygen atoms in total. The maximum absolute atomic E-state index is 9.27. The first-order chi connectivity index (χ1) is 9.67. The molecule has 0 spiro atoms. The van der Waals surface area contributed by atoms with Gasteiger partial charge in [-0.1, -0.05) is 12.1 Å². The van der Waals surface area contributed by atoms with Crippen LogP contribution in [0.4, 0.5) is 0 Å². The maximum atomic E-state index is 9.27.